The molecule has 0 bridgehead atoms. The third-order valence-corrected chi connectivity index (χ3v) is 7.92. The molecule has 0 fully saturated rings. The van der Waals surface area contributed by atoms with E-state index in [4.69, 9.17) is 19.1 Å². The topological polar surface area (TPSA) is 58.9 Å². The Bertz CT molecular complexity index is 441. The predicted molar refractivity (Wildman–Crippen MR) is 79.8 cm³/mol. The highest BCUT2D eigenvalue weighted by atomic mass is 28.4. The van der Waals surface area contributed by atoms with Crippen LogP contribution in [0.2, 0.25) is 18.1 Å². The van der Waals surface area contributed by atoms with Crippen LogP contribution >= 0.6 is 0 Å². The fourth-order valence-corrected chi connectivity index (χ4v) is 2.40. The van der Waals surface area contributed by atoms with Crippen molar-refractivity contribution in [2.45, 2.75) is 45.8 Å². The van der Waals surface area contributed by atoms with E-state index in [9.17, 15) is 0 Å². The molecule has 6 heteroatoms. The molecule has 0 heterocycles. The molecule has 0 spiro atoms. The van der Waals surface area contributed by atoms with E-state index in [-0.39, 0.29) is 5.04 Å². The van der Waals surface area contributed by atoms with Crippen molar-refractivity contribution in [1.29, 1.82) is 0 Å². The summed E-state index contributed by atoms with van der Waals surface area (Å²) < 4.78 is 11.0. The summed E-state index contributed by atoms with van der Waals surface area (Å²) in [6, 6.07) is 5.35. The zero-order chi connectivity index (χ0) is 14.8. The third-order valence-electron chi connectivity index (χ3n) is 3.56. The van der Waals surface area contributed by atoms with Crippen LogP contribution < -0.4 is 9.08 Å². The molecule has 106 valence electrons. The van der Waals surface area contributed by atoms with Crippen molar-refractivity contribution < 1.29 is 19.1 Å². The molecule has 4 nitrogen and oxygen atoms in total. The van der Waals surface area contributed by atoms with E-state index >= 15 is 0 Å². The average molecular weight is 282 g/mol. The van der Waals surface area contributed by atoms with E-state index in [1.807, 2.05) is 13.0 Å². The van der Waals surface area contributed by atoms with Crippen LogP contribution in [0.4, 0.5) is 0 Å². The van der Waals surface area contributed by atoms with Crippen LogP contribution in [0.3, 0.4) is 0 Å². The first kappa shape index (κ1) is 16.1. The highest BCUT2D eigenvalue weighted by Crippen LogP contribution is 2.38. The number of hydrogen-bond donors (Lipinski definition) is 2. The van der Waals surface area contributed by atoms with E-state index in [0.717, 1.165) is 11.3 Å². The van der Waals surface area contributed by atoms with Gasteiger partial charge in [-0.2, -0.15) is 0 Å². The summed E-state index contributed by atoms with van der Waals surface area (Å²) in [4.78, 5) is 0. The molecule has 0 aromatic heterocycles. The number of benzene rings is 1. The van der Waals surface area contributed by atoms with Crippen LogP contribution in [0, 0.1) is 6.92 Å². The van der Waals surface area contributed by atoms with Crippen molar-refractivity contribution in [3.05, 3.63) is 23.8 Å². The third kappa shape index (κ3) is 4.26. The number of rotatable bonds is 4. The van der Waals surface area contributed by atoms with Crippen molar-refractivity contribution in [2.24, 2.45) is 0 Å². The smallest absolute Gasteiger partial charge is 0.543 e. The summed E-state index contributed by atoms with van der Waals surface area (Å²) in [6.45, 7) is 12.8. The molecule has 0 unspecified atom stereocenters. The molecule has 2 N–H and O–H groups in total. The number of aryl methyl sites for hydroxylation is 1. The molecule has 0 aliphatic carbocycles. The minimum absolute atomic E-state index is 0.136. The summed E-state index contributed by atoms with van der Waals surface area (Å²) >= 11 is 0. The lowest BCUT2D eigenvalue weighted by molar-refractivity contribution is 0.287. The molecule has 0 aliphatic rings. The molecule has 1 aromatic rings. The molecule has 0 radical (unpaired) electrons. The minimum atomic E-state index is -1.86. The van der Waals surface area contributed by atoms with Crippen LogP contribution in [0.15, 0.2) is 18.2 Å². The Morgan fingerprint density at radius 2 is 1.74 bits per heavy atom. The highest BCUT2D eigenvalue weighted by molar-refractivity contribution is 6.74. The number of hydrogen-bond acceptors (Lipinski definition) is 4. The van der Waals surface area contributed by atoms with Crippen LogP contribution in [-0.4, -0.2) is 25.7 Å². The Labute approximate surface area is 116 Å². The maximum absolute atomic E-state index is 8.80. The van der Waals surface area contributed by atoms with Gasteiger partial charge in [0, 0.05) is 0 Å². The first-order valence-corrected chi connectivity index (χ1v) is 9.26. The molecule has 1 aromatic carbocycles. The first-order valence-electron chi connectivity index (χ1n) is 6.35. The lowest BCUT2D eigenvalue weighted by Crippen LogP contribution is -2.43. The molecule has 0 amide bonds. The van der Waals surface area contributed by atoms with Crippen molar-refractivity contribution in [3.63, 3.8) is 0 Å². The van der Waals surface area contributed by atoms with Gasteiger partial charge in [0.1, 0.15) is 11.5 Å². The maximum Gasteiger partial charge on any atom is 0.707 e. The summed E-state index contributed by atoms with van der Waals surface area (Å²) in [6.07, 6.45) is 0. The second-order valence-electron chi connectivity index (χ2n) is 6.23. The SMILES string of the molecule is Cc1cc(O[Si](C)(C)C(C)(C)C)ccc1OB(O)O. The molecular weight excluding hydrogens is 259 g/mol. The lowest BCUT2D eigenvalue weighted by atomic mass is 10.2. The van der Waals surface area contributed by atoms with E-state index in [2.05, 4.69) is 33.9 Å². The van der Waals surface area contributed by atoms with E-state index in [1.54, 1.807) is 12.1 Å². The molecule has 1 rings (SSSR count). The Kier molecular flexibility index (Phi) is 4.71. The molecule has 0 atom stereocenters. The molecular formula is C13H23BO4Si. The van der Waals surface area contributed by atoms with Gasteiger partial charge in [0.15, 0.2) is 0 Å². The zero-order valence-corrected chi connectivity index (χ0v) is 13.5. The van der Waals surface area contributed by atoms with E-state index in [1.165, 1.54) is 0 Å². The van der Waals surface area contributed by atoms with Gasteiger partial charge in [0.05, 0.1) is 0 Å². The van der Waals surface area contributed by atoms with E-state index in [0.29, 0.717) is 5.75 Å². The maximum atomic E-state index is 8.80. The van der Waals surface area contributed by atoms with Crippen LogP contribution in [-0.2, 0) is 0 Å². The van der Waals surface area contributed by atoms with Crippen molar-refractivity contribution in [1.82, 2.24) is 0 Å². The Morgan fingerprint density at radius 3 is 2.16 bits per heavy atom. The van der Waals surface area contributed by atoms with Gasteiger partial charge in [-0.3, -0.25) is 0 Å². The average Bonchev–Trinajstić information content (AvgIpc) is 2.19. The fourth-order valence-electron chi connectivity index (χ4n) is 1.38. The molecule has 0 aliphatic heterocycles. The van der Waals surface area contributed by atoms with Gasteiger partial charge in [-0.15, -0.1) is 0 Å². The van der Waals surface area contributed by atoms with Gasteiger partial charge in [0.25, 0.3) is 0 Å². The standard InChI is InChI=1S/C13H23BO4Si/c1-10-9-11(7-8-12(10)17-14(15)16)18-19(5,6)13(2,3)4/h7-9,15-16H,1-6H3. The van der Waals surface area contributed by atoms with Gasteiger partial charge in [0.2, 0.25) is 8.32 Å². The summed E-state index contributed by atoms with van der Waals surface area (Å²) in [5.74, 6) is 1.24. The van der Waals surface area contributed by atoms with Crippen molar-refractivity contribution >= 4 is 15.6 Å². The molecule has 0 saturated carbocycles. The van der Waals surface area contributed by atoms with Gasteiger partial charge >= 0.3 is 7.32 Å². The minimum Gasteiger partial charge on any atom is -0.543 e. The highest BCUT2D eigenvalue weighted by Gasteiger charge is 2.39. The predicted octanol–water partition coefficient (Wildman–Crippen LogP) is 2.73. The largest absolute Gasteiger partial charge is 0.707 e. The van der Waals surface area contributed by atoms with Gasteiger partial charge in [-0.1, -0.05) is 20.8 Å². The van der Waals surface area contributed by atoms with Crippen molar-refractivity contribution in [2.75, 3.05) is 0 Å². The Balaban J connectivity index is 2.90. The molecule has 0 saturated heterocycles. The van der Waals surface area contributed by atoms with Gasteiger partial charge in [-0.05, 0) is 48.8 Å². The van der Waals surface area contributed by atoms with Gasteiger partial charge < -0.3 is 19.1 Å². The van der Waals surface area contributed by atoms with E-state index < -0.39 is 15.6 Å². The second kappa shape index (κ2) is 5.56. The monoisotopic (exact) mass is 282 g/mol. The molecule has 19 heavy (non-hydrogen) atoms. The van der Waals surface area contributed by atoms with Crippen LogP contribution in [0.5, 0.6) is 11.5 Å². The Hall–Kier alpha value is -0.978. The normalized spacial score (nSPS) is 12.2. The van der Waals surface area contributed by atoms with Crippen LogP contribution in [0.1, 0.15) is 26.3 Å². The zero-order valence-electron chi connectivity index (χ0n) is 12.5. The lowest BCUT2D eigenvalue weighted by Gasteiger charge is -2.36. The first-order chi connectivity index (χ1) is 8.53. The quantitative estimate of drug-likeness (QED) is 0.834. The van der Waals surface area contributed by atoms with Crippen LogP contribution in [0.25, 0.3) is 0 Å². The summed E-state index contributed by atoms with van der Waals surface area (Å²) in [5, 5.41) is 17.7. The van der Waals surface area contributed by atoms with Gasteiger partial charge in [-0.25, -0.2) is 0 Å². The second-order valence-corrected chi connectivity index (χ2v) is 11.0. The van der Waals surface area contributed by atoms with Crippen molar-refractivity contribution in [3.8, 4) is 11.5 Å². The fraction of sp³-hybridized carbons (Fsp3) is 0.538. The summed E-state index contributed by atoms with van der Waals surface area (Å²) in [7, 11) is -3.66. The summed E-state index contributed by atoms with van der Waals surface area (Å²) in [5.41, 5.74) is 0.810. The Morgan fingerprint density at radius 1 is 1.16 bits per heavy atom.